The minimum atomic E-state index is -0.784. The largest absolute Gasteiger partial charge is 0.481 e. The number of rotatable bonds is 12. The number of benzene rings is 1. The van der Waals surface area contributed by atoms with Gasteiger partial charge in [0.2, 0.25) is 0 Å². The van der Waals surface area contributed by atoms with E-state index in [1.54, 1.807) is 0 Å². The minimum Gasteiger partial charge on any atom is -0.481 e. The predicted octanol–water partition coefficient (Wildman–Crippen LogP) is 3.32. The van der Waals surface area contributed by atoms with Crippen LogP contribution in [0.1, 0.15) is 56.9 Å². The Morgan fingerprint density at radius 2 is 1.79 bits per heavy atom. The van der Waals surface area contributed by atoms with Gasteiger partial charge in [-0.05, 0) is 68.8 Å². The van der Waals surface area contributed by atoms with E-state index in [2.05, 4.69) is 12.1 Å². The molecule has 1 saturated carbocycles. The number of aryl methyl sites for hydroxylation is 1. The molecule has 2 rings (SSSR count). The van der Waals surface area contributed by atoms with Crippen molar-refractivity contribution in [3.63, 3.8) is 0 Å². The molecule has 0 aromatic heterocycles. The van der Waals surface area contributed by atoms with Crippen LogP contribution in [0.3, 0.4) is 0 Å². The third kappa shape index (κ3) is 7.74. The molecule has 0 bridgehead atoms. The maximum atomic E-state index is 10.5. The number of carboxylic acids is 1. The monoisotopic (exact) mass is 390 g/mol. The predicted molar refractivity (Wildman–Crippen MR) is 109 cm³/mol. The summed E-state index contributed by atoms with van der Waals surface area (Å²) in [6.45, 7) is 0. The number of unbranched alkanes of at least 4 members (excludes halogenated alkanes) is 1. The Morgan fingerprint density at radius 1 is 1.07 bits per heavy atom. The van der Waals surface area contributed by atoms with Gasteiger partial charge in [0.1, 0.15) is 0 Å². The maximum Gasteiger partial charge on any atom is 0.303 e. The van der Waals surface area contributed by atoms with Gasteiger partial charge < -0.3 is 20.4 Å². The lowest BCUT2D eigenvalue weighted by atomic mass is 9.85. The second kappa shape index (κ2) is 12.0. The molecule has 0 saturated heterocycles. The van der Waals surface area contributed by atoms with Crippen LogP contribution in [-0.4, -0.2) is 44.7 Å². The van der Waals surface area contributed by atoms with Crippen molar-refractivity contribution in [1.29, 1.82) is 0 Å². The van der Waals surface area contributed by atoms with Crippen molar-refractivity contribution < 1.29 is 25.2 Å². The summed E-state index contributed by atoms with van der Waals surface area (Å²) >= 11 is 0. The normalized spacial score (nSPS) is 26.0. The van der Waals surface area contributed by atoms with Crippen LogP contribution in [0.15, 0.2) is 42.5 Å². The van der Waals surface area contributed by atoms with Gasteiger partial charge in [0, 0.05) is 6.42 Å². The number of hydrogen-bond acceptors (Lipinski definition) is 4. The second-order valence-corrected chi connectivity index (χ2v) is 7.95. The van der Waals surface area contributed by atoms with Crippen LogP contribution in [0.2, 0.25) is 0 Å². The Hall–Kier alpha value is -1.69. The molecule has 0 spiro atoms. The molecule has 156 valence electrons. The highest BCUT2D eigenvalue weighted by atomic mass is 16.4. The molecule has 1 aromatic rings. The summed E-state index contributed by atoms with van der Waals surface area (Å²) in [5.74, 6) is -0.800. The first-order chi connectivity index (χ1) is 13.5. The smallest absolute Gasteiger partial charge is 0.303 e. The molecular formula is C23H34O5. The molecule has 1 fully saturated rings. The molecular weight excluding hydrogens is 356 g/mol. The van der Waals surface area contributed by atoms with Gasteiger partial charge in [-0.15, -0.1) is 0 Å². The molecule has 1 aliphatic rings. The number of carbonyl (C=O) groups is 1. The lowest BCUT2D eigenvalue weighted by Crippen LogP contribution is -2.23. The number of allylic oxidation sites excluding steroid dienone is 2. The number of hydrogen-bond donors (Lipinski definition) is 4. The summed E-state index contributed by atoms with van der Waals surface area (Å²) in [4.78, 5) is 10.5. The van der Waals surface area contributed by atoms with Crippen molar-refractivity contribution in [2.45, 2.75) is 76.1 Å². The molecule has 0 amide bonds. The van der Waals surface area contributed by atoms with Crippen molar-refractivity contribution >= 4 is 5.97 Å². The van der Waals surface area contributed by atoms with E-state index in [1.807, 2.05) is 30.4 Å². The Morgan fingerprint density at radius 3 is 2.50 bits per heavy atom. The van der Waals surface area contributed by atoms with E-state index >= 15 is 0 Å². The van der Waals surface area contributed by atoms with Crippen LogP contribution in [0.25, 0.3) is 0 Å². The van der Waals surface area contributed by atoms with Crippen LogP contribution in [0, 0.1) is 11.8 Å². The van der Waals surface area contributed by atoms with Gasteiger partial charge in [0.05, 0.1) is 18.3 Å². The number of aliphatic hydroxyl groups is 3. The summed E-state index contributed by atoms with van der Waals surface area (Å²) in [5.41, 5.74) is 1.21. The number of aliphatic hydroxyl groups excluding tert-OH is 3. The average Bonchev–Trinajstić information content (AvgIpc) is 2.94. The standard InChI is InChI=1S/C23H34O5/c24-18(13-12-17-8-4-3-5-9-17)14-15-20-19(21(25)16-22(20)26)10-6-1-2-7-11-23(27)28/h1,3-6,8-9,18-22,24-26H,2,7,10-16H2,(H,27,28)/b6-1+/t18-,19+,20+,21-,22-/m0/s1. The number of aliphatic carboxylic acids is 1. The van der Waals surface area contributed by atoms with Crippen molar-refractivity contribution in [2.75, 3.05) is 0 Å². The van der Waals surface area contributed by atoms with E-state index < -0.39 is 24.3 Å². The van der Waals surface area contributed by atoms with Gasteiger partial charge in [-0.2, -0.15) is 0 Å². The summed E-state index contributed by atoms with van der Waals surface area (Å²) in [6, 6.07) is 10.1. The van der Waals surface area contributed by atoms with Crippen LogP contribution in [0.4, 0.5) is 0 Å². The summed E-state index contributed by atoms with van der Waals surface area (Å²) in [6.07, 6.45) is 7.91. The molecule has 0 unspecified atom stereocenters. The SMILES string of the molecule is O=C(O)CCC/C=C/C[C@@H]1[C@@H](CC[C@@H](O)CCc2ccccc2)[C@@H](O)C[C@@H]1O. The lowest BCUT2D eigenvalue weighted by molar-refractivity contribution is -0.137. The number of carboxylic acid groups (broad SMARTS) is 1. The minimum absolute atomic E-state index is 0.00736. The molecule has 5 heteroatoms. The zero-order valence-corrected chi connectivity index (χ0v) is 16.5. The summed E-state index contributed by atoms with van der Waals surface area (Å²) < 4.78 is 0. The highest BCUT2D eigenvalue weighted by Crippen LogP contribution is 2.38. The lowest BCUT2D eigenvalue weighted by Gasteiger charge is -2.23. The summed E-state index contributed by atoms with van der Waals surface area (Å²) in [5, 5.41) is 39.6. The first-order valence-corrected chi connectivity index (χ1v) is 10.4. The van der Waals surface area contributed by atoms with Crippen LogP contribution in [-0.2, 0) is 11.2 Å². The van der Waals surface area contributed by atoms with Gasteiger partial charge in [-0.1, -0.05) is 42.5 Å². The molecule has 28 heavy (non-hydrogen) atoms. The Balaban J connectivity index is 1.74. The Bertz CT molecular complexity index is 600. The van der Waals surface area contributed by atoms with Crippen molar-refractivity contribution in [1.82, 2.24) is 0 Å². The fourth-order valence-corrected chi connectivity index (χ4v) is 4.16. The van der Waals surface area contributed by atoms with Crippen LogP contribution < -0.4 is 0 Å². The molecule has 1 aromatic carbocycles. The fourth-order valence-electron chi connectivity index (χ4n) is 4.16. The topological polar surface area (TPSA) is 98.0 Å². The van der Waals surface area contributed by atoms with Crippen LogP contribution in [0.5, 0.6) is 0 Å². The van der Waals surface area contributed by atoms with Gasteiger partial charge in [0.25, 0.3) is 0 Å². The van der Waals surface area contributed by atoms with E-state index in [0.29, 0.717) is 44.9 Å². The van der Waals surface area contributed by atoms with Gasteiger partial charge in [-0.3, -0.25) is 4.79 Å². The fraction of sp³-hybridized carbons (Fsp3) is 0.609. The second-order valence-electron chi connectivity index (χ2n) is 7.95. The highest BCUT2D eigenvalue weighted by molar-refractivity contribution is 5.66. The van der Waals surface area contributed by atoms with Gasteiger partial charge in [-0.25, -0.2) is 0 Å². The quantitative estimate of drug-likeness (QED) is 0.324. The molecule has 0 heterocycles. The van der Waals surface area contributed by atoms with Crippen molar-refractivity contribution in [3.05, 3.63) is 48.0 Å². The Labute approximate surface area is 167 Å². The summed E-state index contributed by atoms with van der Waals surface area (Å²) in [7, 11) is 0. The molecule has 5 atom stereocenters. The first kappa shape index (κ1) is 22.6. The molecule has 1 aliphatic carbocycles. The zero-order chi connectivity index (χ0) is 20.4. The third-order valence-electron chi connectivity index (χ3n) is 5.80. The third-order valence-corrected chi connectivity index (χ3v) is 5.80. The molecule has 0 aliphatic heterocycles. The van der Waals surface area contributed by atoms with Crippen LogP contribution >= 0.6 is 0 Å². The van der Waals surface area contributed by atoms with E-state index in [-0.39, 0.29) is 18.3 Å². The first-order valence-electron chi connectivity index (χ1n) is 10.4. The van der Waals surface area contributed by atoms with E-state index in [9.17, 15) is 20.1 Å². The van der Waals surface area contributed by atoms with Crippen molar-refractivity contribution in [3.8, 4) is 0 Å². The average molecular weight is 391 g/mol. The van der Waals surface area contributed by atoms with Gasteiger partial charge >= 0.3 is 5.97 Å². The molecule has 0 radical (unpaired) electrons. The molecule has 5 nitrogen and oxygen atoms in total. The zero-order valence-electron chi connectivity index (χ0n) is 16.5. The maximum absolute atomic E-state index is 10.5. The van der Waals surface area contributed by atoms with E-state index in [0.717, 1.165) is 6.42 Å². The Kier molecular flexibility index (Phi) is 9.68. The highest BCUT2D eigenvalue weighted by Gasteiger charge is 2.40. The van der Waals surface area contributed by atoms with E-state index in [4.69, 9.17) is 5.11 Å². The van der Waals surface area contributed by atoms with Crippen molar-refractivity contribution in [2.24, 2.45) is 11.8 Å². The van der Waals surface area contributed by atoms with Gasteiger partial charge in [0.15, 0.2) is 0 Å². The molecule has 4 N–H and O–H groups in total. The van der Waals surface area contributed by atoms with E-state index in [1.165, 1.54) is 5.56 Å².